The third-order valence-corrected chi connectivity index (χ3v) is 4.50. The van der Waals surface area contributed by atoms with Gasteiger partial charge in [0.1, 0.15) is 13.1 Å². The lowest BCUT2D eigenvalue weighted by Crippen LogP contribution is -2.50. The molecule has 1 unspecified atom stereocenters. The van der Waals surface area contributed by atoms with Crippen LogP contribution in [-0.4, -0.2) is 40.6 Å². The third kappa shape index (κ3) is 3.27. The van der Waals surface area contributed by atoms with Gasteiger partial charge in [0.05, 0.1) is 22.2 Å². The van der Waals surface area contributed by atoms with Crippen LogP contribution in [0.15, 0.2) is 47.5 Å². The standard InChI is InChI=1S/C17H16Cl2N2O3/c18-14-8-13(9-15(19)16(14)23)17-20-11-24-21(17,6-7-22)10-12-4-2-1-3-5-12/h1-5,8-9,22H,6-7,10-11H2/p+1. The largest absolute Gasteiger partial charge is 0.505 e. The maximum Gasteiger partial charge on any atom is 0.266 e. The minimum Gasteiger partial charge on any atom is -0.505 e. The molecule has 3 rings (SSSR count). The molecule has 1 heterocycles. The molecule has 0 radical (unpaired) electrons. The van der Waals surface area contributed by atoms with Crippen LogP contribution in [0.1, 0.15) is 11.1 Å². The topological polar surface area (TPSA) is 62.0 Å². The highest BCUT2D eigenvalue weighted by Gasteiger charge is 2.42. The Bertz CT molecular complexity index is 745. The SMILES string of the molecule is OCC[N+]1(Cc2ccccc2)OCN=C1c1cc(Cl)c(O)c(Cl)c1. The number of hydrogen-bond donors (Lipinski definition) is 2. The highest BCUT2D eigenvalue weighted by atomic mass is 35.5. The van der Waals surface area contributed by atoms with E-state index >= 15 is 0 Å². The van der Waals surface area contributed by atoms with Crippen molar-refractivity contribution in [3.63, 3.8) is 0 Å². The molecule has 1 aliphatic rings. The Labute approximate surface area is 149 Å². The first-order chi connectivity index (χ1) is 11.6. The molecule has 24 heavy (non-hydrogen) atoms. The summed E-state index contributed by atoms with van der Waals surface area (Å²) in [6.07, 6.45) is 0. The summed E-state index contributed by atoms with van der Waals surface area (Å²) >= 11 is 12.1. The molecule has 2 aromatic carbocycles. The van der Waals surface area contributed by atoms with E-state index in [1.807, 2.05) is 30.3 Å². The van der Waals surface area contributed by atoms with E-state index in [4.69, 9.17) is 28.0 Å². The summed E-state index contributed by atoms with van der Waals surface area (Å²) in [6, 6.07) is 13.0. The van der Waals surface area contributed by atoms with E-state index in [1.54, 1.807) is 12.1 Å². The average molecular weight is 368 g/mol. The highest BCUT2D eigenvalue weighted by molar-refractivity contribution is 6.37. The number of rotatable bonds is 5. The second kappa shape index (κ2) is 7.09. The van der Waals surface area contributed by atoms with Gasteiger partial charge in [0, 0.05) is 5.56 Å². The molecule has 5 nitrogen and oxygen atoms in total. The van der Waals surface area contributed by atoms with Crippen LogP contribution in [0.3, 0.4) is 0 Å². The minimum absolute atomic E-state index is 0.0396. The molecule has 126 valence electrons. The number of phenolic OH excluding ortho intramolecular Hbond substituents is 1. The van der Waals surface area contributed by atoms with Crippen molar-refractivity contribution >= 4 is 29.0 Å². The maximum atomic E-state index is 9.76. The van der Waals surface area contributed by atoms with Gasteiger partial charge in [-0.1, -0.05) is 53.5 Å². The third-order valence-electron chi connectivity index (χ3n) is 3.92. The summed E-state index contributed by atoms with van der Waals surface area (Å²) in [4.78, 5) is 10.3. The van der Waals surface area contributed by atoms with Crippen molar-refractivity contribution < 1.29 is 19.7 Å². The fourth-order valence-corrected chi connectivity index (χ4v) is 3.31. The fraction of sp³-hybridized carbons (Fsp3) is 0.235. The Morgan fingerprint density at radius 2 is 1.79 bits per heavy atom. The van der Waals surface area contributed by atoms with Crippen LogP contribution in [0.25, 0.3) is 0 Å². The molecular formula is C17H17Cl2N2O3+. The first kappa shape index (κ1) is 17.2. The Morgan fingerprint density at radius 1 is 1.12 bits per heavy atom. The number of halogens is 2. The van der Waals surface area contributed by atoms with Crippen LogP contribution in [0.5, 0.6) is 5.75 Å². The molecule has 0 amide bonds. The zero-order valence-corrected chi connectivity index (χ0v) is 14.3. The molecule has 1 aliphatic heterocycles. The van der Waals surface area contributed by atoms with Gasteiger partial charge in [-0.15, -0.1) is 4.65 Å². The summed E-state index contributed by atoms with van der Waals surface area (Å²) < 4.78 is 0.0396. The molecule has 1 atom stereocenters. The second-order valence-corrected chi connectivity index (χ2v) is 6.32. The molecule has 2 N–H and O–H groups in total. The lowest BCUT2D eigenvalue weighted by atomic mass is 10.1. The van der Waals surface area contributed by atoms with Crippen molar-refractivity contribution in [1.29, 1.82) is 0 Å². The first-order valence-corrected chi connectivity index (χ1v) is 8.21. The maximum absolute atomic E-state index is 9.76. The van der Waals surface area contributed by atoms with E-state index in [0.29, 0.717) is 24.5 Å². The fourth-order valence-electron chi connectivity index (χ4n) is 2.82. The molecule has 0 aliphatic carbocycles. The predicted molar refractivity (Wildman–Crippen MR) is 93.0 cm³/mol. The summed E-state index contributed by atoms with van der Waals surface area (Å²) in [5.74, 6) is 0.460. The number of phenols is 1. The van der Waals surface area contributed by atoms with E-state index in [-0.39, 0.29) is 33.8 Å². The molecule has 2 aromatic rings. The average Bonchev–Trinajstić information content (AvgIpc) is 2.96. The molecule has 0 saturated heterocycles. The number of quaternary nitrogens is 1. The smallest absolute Gasteiger partial charge is 0.266 e. The van der Waals surface area contributed by atoms with Gasteiger partial charge in [0.25, 0.3) is 5.84 Å². The molecule has 0 aromatic heterocycles. The van der Waals surface area contributed by atoms with Crippen molar-refractivity contribution in [3.8, 4) is 5.75 Å². The van der Waals surface area contributed by atoms with Gasteiger partial charge in [0.2, 0.25) is 6.73 Å². The summed E-state index contributed by atoms with van der Waals surface area (Å²) in [6.45, 7) is 0.962. The number of hydroxylamine groups is 3. The number of aliphatic hydroxyl groups excluding tert-OH is 1. The molecular weight excluding hydrogens is 351 g/mol. The monoisotopic (exact) mass is 367 g/mol. The van der Waals surface area contributed by atoms with Crippen LogP contribution >= 0.6 is 23.2 Å². The van der Waals surface area contributed by atoms with E-state index in [1.165, 1.54) is 0 Å². The number of aromatic hydroxyl groups is 1. The Balaban J connectivity index is 2.02. The normalized spacial score (nSPS) is 20.2. The first-order valence-electron chi connectivity index (χ1n) is 7.45. The van der Waals surface area contributed by atoms with Gasteiger partial charge in [-0.25, -0.2) is 0 Å². The predicted octanol–water partition coefficient (Wildman–Crippen LogP) is 3.36. The van der Waals surface area contributed by atoms with Gasteiger partial charge < -0.3 is 10.2 Å². The molecule has 7 heteroatoms. The quantitative estimate of drug-likeness (QED) is 0.796. The number of aliphatic hydroxyl groups is 1. The summed E-state index contributed by atoms with van der Waals surface area (Å²) in [5.41, 5.74) is 1.71. The summed E-state index contributed by atoms with van der Waals surface area (Å²) in [5, 5.41) is 19.6. The van der Waals surface area contributed by atoms with Crippen LogP contribution in [0, 0.1) is 0 Å². The van der Waals surface area contributed by atoms with Crippen LogP contribution in [0.2, 0.25) is 10.0 Å². The minimum atomic E-state index is -0.162. The lowest BCUT2D eigenvalue weighted by molar-refractivity contribution is -1.04. The van der Waals surface area contributed by atoms with Crippen molar-refractivity contribution in [2.45, 2.75) is 6.54 Å². The molecule has 0 saturated carbocycles. The van der Waals surface area contributed by atoms with Crippen LogP contribution in [0.4, 0.5) is 0 Å². The highest BCUT2D eigenvalue weighted by Crippen LogP contribution is 2.35. The van der Waals surface area contributed by atoms with Gasteiger partial charge in [-0.05, 0) is 12.1 Å². The Hall–Kier alpha value is -1.63. The van der Waals surface area contributed by atoms with E-state index in [0.717, 1.165) is 5.56 Å². The molecule has 0 spiro atoms. The van der Waals surface area contributed by atoms with Gasteiger partial charge in [-0.2, -0.15) is 9.83 Å². The zero-order chi connectivity index (χ0) is 17.2. The van der Waals surface area contributed by atoms with Crippen LogP contribution < -0.4 is 0 Å². The van der Waals surface area contributed by atoms with Gasteiger partial charge in [0.15, 0.2) is 5.75 Å². The van der Waals surface area contributed by atoms with Crippen molar-refractivity contribution in [2.75, 3.05) is 19.9 Å². The summed E-state index contributed by atoms with van der Waals surface area (Å²) in [7, 11) is 0. The van der Waals surface area contributed by atoms with E-state index in [9.17, 15) is 10.2 Å². The van der Waals surface area contributed by atoms with Crippen molar-refractivity contribution in [2.24, 2.45) is 4.99 Å². The second-order valence-electron chi connectivity index (χ2n) is 5.51. The molecule has 0 bridgehead atoms. The number of benzene rings is 2. The Kier molecular flexibility index (Phi) is 5.08. The van der Waals surface area contributed by atoms with E-state index < -0.39 is 0 Å². The number of aliphatic imine (C=N–C) groups is 1. The van der Waals surface area contributed by atoms with Crippen molar-refractivity contribution in [1.82, 2.24) is 0 Å². The number of amidine groups is 1. The Morgan fingerprint density at radius 3 is 2.42 bits per heavy atom. The van der Waals surface area contributed by atoms with E-state index in [2.05, 4.69) is 4.99 Å². The van der Waals surface area contributed by atoms with Gasteiger partial charge >= 0.3 is 0 Å². The van der Waals surface area contributed by atoms with Crippen LogP contribution in [-0.2, 0) is 11.4 Å². The molecule has 0 fully saturated rings. The zero-order valence-electron chi connectivity index (χ0n) is 12.8. The number of hydrogen-bond acceptors (Lipinski definition) is 4. The van der Waals surface area contributed by atoms with Gasteiger partial charge in [-0.3, -0.25) is 0 Å². The number of nitrogens with zero attached hydrogens (tertiary/aromatic N) is 2. The lowest BCUT2D eigenvalue weighted by Gasteiger charge is -2.30. The van der Waals surface area contributed by atoms with Crippen molar-refractivity contribution in [3.05, 3.63) is 63.6 Å².